The molecular formula is C13H18O2. The van der Waals surface area contributed by atoms with Gasteiger partial charge in [0.2, 0.25) is 0 Å². The van der Waals surface area contributed by atoms with Gasteiger partial charge in [0.25, 0.3) is 0 Å². The predicted octanol–water partition coefficient (Wildman–Crippen LogP) is 3.43. The quantitative estimate of drug-likeness (QED) is 0.664. The molecule has 0 amide bonds. The molecule has 0 aliphatic carbocycles. The summed E-state index contributed by atoms with van der Waals surface area (Å²) in [4.78, 5) is 0. The van der Waals surface area contributed by atoms with Gasteiger partial charge < -0.3 is 9.47 Å². The summed E-state index contributed by atoms with van der Waals surface area (Å²) in [7, 11) is 1.66. The summed E-state index contributed by atoms with van der Waals surface area (Å²) >= 11 is 0. The normalized spacial score (nSPS) is 10.5. The predicted molar refractivity (Wildman–Crippen MR) is 62.5 cm³/mol. The van der Waals surface area contributed by atoms with E-state index in [1.165, 1.54) is 6.42 Å². The number of benzene rings is 1. The molecule has 0 bridgehead atoms. The average molecular weight is 206 g/mol. The van der Waals surface area contributed by atoms with Crippen molar-refractivity contribution in [1.29, 1.82) is 0 Å². The third-order valence-electron chi connectivity index (χ3n) is 2.03. The highest BCUT2D eigenvalue weighted by atomic mass is 16.5. The van der Waals surface area contributed by atoms with Gasteiger partial charge in [-0.05, 0) is 30.7 Å². The second-order valence-electron chi connectivity index (χ2n) is 3.25. The van der Waals surface area contributed by atoms with Gasteiger partial charge in [-0.25, -0.2) is 0 Å². The van der Waals surface area contributed by atoms with Crippen LogP contribution in [0.4, 0.5) is 0 Å². The lowest BCUT2D eigenvalue weighted by atomic mass is 10.3. The molecule has 0 spiro atoms. The van der Waals surface area contributed by atoms with E-state index in [2.05, 4.69) is 13.0 Å². The molecule has 0 fully saturated rings. The molecule has 2 heteroatoms. The van der Waals surface area contributed by atoms with Crippen LogP contribution >= 0.6 is 0 Å². The molecule has 1 rings (SSSR count). The van der Waals surface area contributed by atoms with E-state index in [-0.39, 0.29) is 0 Å². The van der Waals surface area contributed by atoms with E-state index < -0.39 is 0 Å². The third-order valence-corrected chi connectivity index (χ3v) is 2.03. The van der Waals surface area contributed by atoms with Crippen molar-refractivity contribution in [2.45, 2.75) is 19.8 Å². The first-order chi connectivity index (χ1) is 7.36. The molecule has 0 N–H and O–H groups in total. The Morgan fingerprint density at radius 3 is 2.33 bits per heavy atom. The molecule has 0 saturated heterocycles. The van der Waals surface area contributed by atoms with Crippen LogP contribution in [0.2, 0.25) is 0 Å². The lowest BCUT2D eigenvalue weighted by Gasteiger charge is -2.04. The minimum Gasteiger partial charge on any atom is -0.497 e. The summed E-state index contributed by atoms with van der Waals surface area (Å²) in [5, 5.41) is 0. The van der Waals surface area contributed by atoms with Crippen LogP contribution in [0.1, 0.15) is 19.8 Å². The molecule has 0 aliphatic heterocycles. The number of rotatable bonds is 6. The Morgan fingerprint density at radius 2 is 1.73 bits per heavy atom. The van der Waals surface area contributed by atoms with Crippen molar-refractivity contribution in [3.63, 3.8) is 0 Å². The Balaban J connectivity index is 2.31. The topological polar surface area (TPSA) is 18.5 Å². The Hall–Kier alpha value is -1.44. The largest absolute Gasteiger partial charge is 0.497 e. The molecule has 2 nitrogen and oxygen atoms in total. The number of unbranched alkanes of at least 4 members (excludes halogenated alkanes) is 1. The van der Waals surface area contributed by atoms with E-state index in [1.54, 1.807) is 7.11 Å². The van der Waals surface area contributed by atoms with Gasteiger partial charge in [-0.3, -0.25) is 0 Å². The maximum atomic E-state index is 5.51. The zero-order chi connectivity index (χ0) is 10.9. The second-order valence-corrected chi connectivity index (χ2v) is 3.25. The fraction of sp³-hybridized carbons (Fsp3) is 0.385. The Morgan fingerprint density at radius 1 is 1.07 bits per heavy atom. The third kappa shape index (κ3) is 4.54. The highest BCUT2D eigenvalue weighted by Crippen LogP contribution is 2.16. The molecule has 0 aliphatic rings. The minimum absolute atomic E-state index is 0.631. The van der Waals surface area contributed by atoms with E-state index in [0.29, 0.717) is 6.61 Å². The fourth-order valence-electron chi connectivity index (χ4n) is 1.17. The van der Waals surface area contributed by atoms with Gasteiger partial charge >= 0.3 is 0 Å². The van der Waals surface area contributed by atoms with Gasteiger partial charge in [0.15, 0.2) is 0 Å². The van der Waals surface area contributed by atoms with Crippen LogP contribution in [-0.4, -0.2) is 13.7 Å². The lowest BCUT2D eigenvalue weighted by Crippen LogP contribution is -1.93. The molecule has 1 aromatic rings. The summed E-state index contributed by atoms with van der Waals surface area (Å²) in [6.45, 7) is 2.79. The zero-order valence-corrected chi connectivity index (χ0v) is 9.40. The summed E-state index contributed by atoms with van der Waals surface area (Å²) in [5.41, 5.74) is 0. The molecule has 82 valence electrons. The van der Waals surface area contributed by atoms with E-state index in [9.17, 15) is 0 Å². The van der Waals surface area contributed by atoms with Crippen LogP contribution < -0.4 is 9.47 Å². The highest BCUT2D eigenvalue weighted by Gasteiger charge is 1.92. The minimum atomic E-state index is 0.631. The van der Waals surface area contributed by atoms with Crippen LogP contribution in [0, 0.1) is 0 Å². The van der Waals surface area contributed by atoms with Crippen molar-refractivity contribution in [3.8, 4) is 11.5 Å². The zero-order valence-electron chi connectivity index (χ0n) is 9.40. The van der Waals surface area contributed by atoms with Crippen LogP contribution in [0.5, 0.6) is 11.5 Å². The smallest absolute Gasteiger partial charge is 0.120 e. The molecule has 0 heterocycles. The van der Waals surface area contributed by atoms with E-state index >= 15 is 0 Å². The van der Waals surface area contributed by atoms with Gasteiger partial charge in [-0.1, -0.05) is 25.5 Å². The Labute approximate surface area is 91.5 Å². The average Bonchev–Trinajstić information content (AvgIpc) is 2.30. The SMILES string of the molecule is CCC/C=C/COc1ccc(OC)cc1. The molecule has 0 unspecified atom stereocenters. The van der Waals surface area contributed by atoms with Crippen LogP contribution in [0.3, 0.4) is 0 Å². The molecule has 0 aromatic heterocycles. The number of hydrogen-bond donors (Lipinski definition) is 0. The van der Waals surface area contributed by atoms with Gasteiger partial charge in [-0.2, -0.15) is 0 Å². The van der Waals surface area contributed by atoms with Gasteiger partial charge in [-0.15, -0.1) is 0 Å². The number of hydrogen-bond acceptors (Lipinski definition) is 2. The highest BCUT2D eigenvalue weighted by molar-refractivity contribution is 5.31. The van der Waals surface area contributed by atoms with Crippen molar-refractivity contribution < 1.29 is 9.47 Å². The lowest BCUT2D eigenvalue weighted by molar-refractivity contribution is 0.360. The Bertz CT molecular complexity index is 288. The molecule has 0 atom stereocenters. The van der Waals surface area contributed by atoms with Crippen molar-refractivity contribution in [3.05, 3.63) is 36.4 Å². The Kier molecular flexibility index (Phi) is 5.38. The summed E-state index contributed by atoms with van der Waals surface area (Å²) in [5.74, 6) is 1.72. The number of ether oxygens (including phenoxy) is 2. The van der Waals surface area contributed by atoms with E-state index in [0.717, 1.165) is 17.9 Å². The second kappa shape index (κ2) is 6.93. The van der Waals surface area contributed by atoms with Crippen molar-refractivity contribution >= 4 is 0 Å². The fourth-order valence-corrected chi connectivity index (χ4v) is 1.17. The standard InChI is InChI=1S/C13H18O2/c1-3-4-5-6-11-15-13-9-7-12(14-2)8-10-13/h5-10H,3-4,11H2,1-2H3/b6-5+. The van der Waals surface area contributed by atoms with E-state index in [1.807, 2.05) is 30.3 Å². The van der Waals surface area contributed by atoms with E-state index in [4.69, 9.17) is 9.47 Å². The number of allylic oxidation sites excluding steroid dienone is 1. The summed E-state index contributed by atoms with van der Waals surface area (Å²) in [6.07, 6.45) is 6.49. The monoisotopic (exact) mass is 206 g/mol. The molecule has 0 saturated carbocycles. The van der Waals surface area contributed by atoms with Gasteiger partial charge in [0.05, 0.1) is 7.11 Å². The van der Waals surface area contributed by atoms with Crippen molar-refractivity contribution in [2.24, 2.45) is 0 Å². The first kappa shape index (κ1) is 11.6. The first-order valence-electron chi connectivity index (χ1n) is 5.28. The maximum absolute atomic E-state index is 5.51. The molecule has 1 aromatic carbocycles. The molecule has 0 radical (unpaired) electrons. The first-order valence-corrected chi connectivity index (χ1v) is 5.28. The van der Waals surface area contributed by atoms with Gasteiger partial charge in [0.1, 0.15) is 18.1 Å². The molecule has 15 heavy (non-hydrogen) atoms. The van der Waals surface area contributed by atoms with Crippen LogP contribution in [0.25, 0.3) is 0 Å². The summed E-state index contributed by atoms with van der Waals surface area (Å²) < 4.78 is 10.6. The van der Waals surface area contributed by atoms with Gasteiger partial charge in [0, 0.05) is 0 Å². The van der Waals surface area contributed by atoms with Crippen molar-refractivity contribution in [2.75, 3.05) is 13.7 Å². The maximum Gasteiger partial charge on any atom is 0.120 e. The van der Waals surface area contributed by atoms with Crippen molar-refractivity contribution in [1.82, 2.24) is 0 Å². The van der Waals surface area contributed by atoms with Crippen LogP contribution in [0.15, 0.2) is 36.4 Å². The summed E-state index contributed by atoms with van der Waals surface area (Å²) in [6, 6.07) is 7.61. The molecular weight excluding hydrogens is 188 g/mol. The van der Waals surface area contributed by atoms with Crippen LogP contribution in [-0.2, 0) is 0 Å². The number of methoxy groups -OCH3 is 1.